The van der Waals surface area contributed by atoms with Gasteiger partial charge in [0.15, 0.2) is 0 Å². The summed E-state index contributed by atoms with van der Waals surface area (Å²) in [5.41, 5.74) is 6.22. The van der Waals surface area contributed by atoms with Crippen molar-refractivity contribution in [2.45, 2.75) is 31.2 Å². The molecule has 1 aromatic rings. The Bertz CT molecular complexity index is 565. The van der Waals surface area contributed by atoms with Crippen molar-refractivity contribution in [2.75, 3.05) is 13.1 Å². The third-order valence-electron chi connectivity index (χ3n) is 3.10. The molecule has 0 amide bonds. The van der Waals surface area contributed by atoms with Crippen LogP contribution in [-0.2, 0) is 10.0 Å². The molecule has 1 heterocycles. The second kappa shape index (κ2) is 4.01. The van der Waals surface area contributed by atoms with Crippen molar-refractivity contribution in [2.24, 2.45) is 5.73 Å². The van der Waals surface area contributed by atoms with Gasteiger partial charge in [-0.25, -0.2) is 12.8 Å². The average Bonchev–Trinajstić information content (AvgIpc) is 2.11. The summed E-state index contributed by atoms with van der Waals surface area (Å²) in [6.45, 7) is 5.61. The summed E-state index contributed by atoms with van der Waals surface area (Å²) in [4.78, 5) is 0.194. The Kier molecular flexibility index (Phi) is 3.00. The number of benzene rings is 1. The molecular formula is C12H17FN2O2S. The summed E-state index contributed by atoms with van der Waals surface area (Å²) >= 11 is 0. The van der Waals surface area contributed by atoms with Crippen molar-refractivity contribution >= 4 is 10.0 Å². The minimum Gasteiger partial charge on any atom is -0.323 e. The standard InChI is InChI=1S/C12H17FN2O2S/c1-8-4-10(13)5-9(2)11(8)18(16,17)15-6-12(3,14)7-15/h4-5H,6-7,14H2,1-3H3. The second-order valence-electron chi connectivity index (χ2n) is 5.30. The minimum absolute atomic E-state index is 0.194. The summed E-state index contributed by atoms with van der Waals surface area (Å²) in [7, 11) is -3.56. The zero-order chi connectivity index (χ0) is 13.7. The first kappa shape index (κ1) is 13.5. The highest BCUT2D eigenvalue weighted by Crippen LogP contribution is 2.30. The maximum Gasteiger partial charge on any atom is 0.243 e. The largest absolute Gasteiger partial charge is 0.323 e. The molecule has 0 spiro atoms. The lowest BCUT2D eigenvalue weighted by Crippen LogP contribution is -2.66. The number of hydrogen-bond donors (Lipinski definition) is 1. The molecule has 0 saturated carbocycles. The molecule has 1 aliphatic rings. The van der Waals surface area contributed by atoms with Gasteiger partial charge in [-0.15, -0.1) is 0 Å². The fraction of sp³-hybridized carbons (Fsp3) is 0.500. The van der Waals surface area contributed by atoms with E-state index < -0.39 is 21.4 Å². The summed E-state index contributed by atoms with van der Waals surface area (Å²) in [5.74, 6) is -0.420. The molecule has 0 aromatic heterocycles. The molecule has 4 nitrogen and oxygen atoms in total. The van der Waals surface area contributed by atoms with Crippen LogP contribution in [0.15, 0.2) is 17.0 Å². The number of nitrogens with two attached hydrogens (primary N) is 1. The van der Waals surface area contributed by atoms with E-state index in [2.05, 4.69) is 0 Å². The van der Waals surface area contributed by atoms with Gasteiger partial charge in [0.2, 0.25) is 10.0 Å². The Morgan fingerprint density at radius 3 is 2.11 bits per heavy atom. The van der Waals surface area contributed by atoms with E-state index in [1.54, 1.807) is 13.8 Å². The highest BCUT2D eigenvalue weighted by atomic mass is 32.2. The van der Waals surface area contributed by atoms with E-state index in [1.165, 1.54) is 16.4 Å². The lowest BCUT2D eigenvalue weighted by Gasteiger charge is -2.44. The van der Waals surface area contributed by atoms with Gasteiger partial charge in [-0.1, -0.05) is 0 Å². The summed E-state index contributed by atoms with van der Waals surface area (Å²) in [6.07, 6.45) is 0. The van der Waals surface area contributed by atoms with Crippen LogP contribution >= 0.6 is 0 Å². The van der Waals surface area contributed by atoms with Crippen LogP contribution in [-0.4, -0.2) is 31.4 Å². The summed E-state index contributed by atoms with van der Waals surface area (Å²) < 4.78 is 39.3. The first-order chi connectivity index (χ1) is 8.13. The van der Waals surface area contributed by atoms with Gasteiger partial charge >= 0.3 is 0 Å². The van der Waals surface area contributed by atoms with Gasteiger partial charge in [0, 0.05) is 18.6 Å². The number of halogens is 1. The Morgan fingerprint density at radius 2 is 1.72 bits per heavy atom. The predicted molar refractivity (Wildman–Crippen MR) is 67.2 cm³/mol. The lowest BCUT2D eigenvalue weighted by atomic mass is 9.97. The molecule has 0 aliphatic carbocycles. The van der Waals surface area contributed by atoms with E-state index in [-0.39, 0.29) is 4.90 Å². The zero-order valence-electron chi connectivity index (χ0n) is 10.7. The second-order valence-corrected chi connectivity index (χ2v) is 7.17. The van der Waals surface area contributed by atoms with E-state index in [9.17, 15) is 12.8 Å². The topological polar surface area (TPSA) is 63.4 Å². The number of nitrogens with zero attached hydrogens (tertiary/aromatic N) is 1. The molecule has 6 heteroatoms. The molecule has 0 atom stereocenters. The summed E-state index contributed by atoms with van der Waals surface area (Å²) in [6, 6.07) is 2.47. The molecule has 0 radical (unpaired) electrons. The van der Waals surface area contributed by atoms with Crippen molar-refractivity contribution in [1.29, 1.82) is 0 Å². The quantitative estimate of drug-likeness (QED) is 0.879. The van der Waals surface area contributed by atoms with Crippen LogP contribution in [0.3, 0.4) is 0 Å². The van der Waals surface area contributed by atoms with Gasteiger partial charge < -0.3 is 5.73 Å². The molecule has 2 rings (SSSR count). The van der Waals surface area contributed by atoms with Crippen molar-refractivity contribution in [1.82, 2.24) is 4.31 Å². The molecule has 2 N–H and O–H groups in total. The van der Waals surface area contributed by atoms with Crippen molar-refractivity contribution in [3.63, 3.8) is 0 Å². The van der Waals surface area contributed by atoms with Crippen molar-refractivity contribution in [3.05, 3.63) is 29.1 Å². The predicted octanol–water partition coefficient (Wildman–Crippen LogP) is 1.16. The molecule has 18 heavy (non-hydrogen) atoms. The third kappa shape index (κ3) is 2.15. The zero-order valence-corrected chi connectivity index (χ0v) is 11.5. The van der Waals surface area contributed by atoms with Gasteiger partial charge in [-0.05, 0) is 44.0 Å². The van der Waals surface area contributed by atoms with Gasteiger partial charge in [0.25, 0.3) is 0 Å². The maximum atomic E-state index is 13.2. The van der Waals surface area contributed by atoms with E-state index in [4.69, 9.17) is 5.73 Å². The maximum absolute atomic E-state index is 13.2. The van der Waals surface area contributed by atoms with Crippen LogP contribution < -0.4 is 5.73 Å². The number of sulfonamides is 1. The minimum atomic E-state index is -3.56. The van der Waals surface area contributed by atoms with Crippen LogP contribution in [0.25, 0.3) is 0 Å². The Labute approximate surface area is 107 Å². The van der Waals surface area contributed by atoms with Gasteiger partial charge in [-0.3, -0.25) is 0 Å². The molecular weight excluding hydrogens is 255 g/mol. The highest BCUT2D eigenvalue weighted by molar-refractivity contribution is 7.89. The SMILES string of the molecule is Cc1cc(F)cc(C)c1S(=O)(=O)N1CC(C)(N)C1. The first-order valence-electron chi connectivity index (χ1n) is 5.69. The molecule has 1 aromatic carbocycles. The van der Waals surface area contributed by atoms with Crippen molar-refractivity contribution in [3.8, 4) is 0 Å². The molecule has 100 valence electrons. The van der Waals surface area contributed by atoms with E-state index in [1.807, 2.05) is 6.92 Å². The Hall–Kier alpha value is -0.980. The number of hydrogen-bond acceptors (Lipinski definition) is 3. The first-order valence-corrected chi connectivity index (χ1v) is 7.13. The molecule has 1 saturated heterocycles. The smallest absolute Gasteiger partial charge is 0.243 e. The normalized spacial score (nSPS) is 19.6. The Balaban J connectivity index is 2.44. The molecule has 1 aliphatic heterocycles. The van der Waals surface area contributed by atoms with Crippen LogP contribution in [0.2, 0.25) is 0 Å². The van der Waals surface area contributed by atoms with Crippen LogP contribution in [0.1, 0.15) is 18.1 Å². The monoisotopic (exact) mass is 272 g/mol. The lowest BCUT2D eigenvalue weighted by molar-refractivity contribution is 0.176. The third-order valence-corrected chi connectivity index (χ3v) is 5.20. The number of rotatable bonds is 2. The fourth-order valence-corrected chi connectivity index (χ4v) is 4.48. The van der Waals surface area contributed by atoms with Crippen molar-refractivity contribution < 1.29 is 12.8 Å². The molecule has 0 bridgehead atoms. The van der Waals surface area contributed by atoms with E-state index in [0.717, 1.165) is 0 Å². The molecule has 1 fully saturated rings. The fourth-order valence-electron chi connectivity index (χ4n) is 2.36. The van der Waals surface area contributed by atoms with E-state index >= 15 is 0 Å². The van der Waals surface area contributed by atoms with Gasteiger partial charge in [0.1, 0.15) is 5.82 Å². The summed E-state index contributed by atoms with van der Waals surface area (Å²) in [5, 5.41) is 0. The van der Waals surface area contributed by atoms with E-state index in [0.29, 0.717) is 24.2 Å². The molecule has 0 unspecified atom stereocenters. The Morgan fingerprint density at radius 1 is 1.28 bits per heavy atom. The van der Waals surface area contributed by atoms with Gasteiger partial charge in [0.05, 0.1) is 4.90 Å². The highest BCUT2D eigenvalue weighted by Gasteiger charge is 2.43. The van der Waals surface area contributed by atoms with Crippen LogP contribution in [0.5, 0.6) is 0 Å². The van der Waals surface area contributed by atoms with Gasteiger partial charge in [-0.2, -0.15) is 4.31 Å². The van der Waals surface area contributed by atoms with Crippen LogP contribution in [0.4, 0.5) is 4.39 Å². The number of aryl methyl sites for hydroxylation is 2. The average molecular weight is 272 g/mol. The van der Waals surface area contributed by atoms with Crippen LogP contribution in [0, 0.1) is 19.7 Å².